The van der Waals surface area contributed by atoms with E-state index < -0.39 is 21.9 Å². The Labute approximate surface area is 118 Å². The molecule has 0 amide bonds. The second-order valence-corrected chi connectivity index (χ2v) is 6.55. The summed E-state index contributed by atoms with van der Waals surface area (Å²) in [6, 6.07) is 6.11. The van der Waals surface area contributed by atoms with Crippen molar-refractivity contribution in [2.45, 2.75) is 13.8 Å². The summed E-state index contributed by atoms with van der Waals surface area (Å²) < 4.78 is 24.6. The first kappa shape index (κ1) is 16.2. The van der Waals surface area contributed by atoms with Crippen molar-refractivity contribution >= 4 is 27.5 Å². The Balaban J connectivity index is 3.22. The molecular formula is C13H17NO5S. The standard InChI is InChI=1S/C13H17NO5S/c1-9(13(16)17)8-14(20(3,18)19)12-6-4-5-11(7-12)10(2)15/h4-7,9H,8H2,1-3H3,(H,16,17). The highest BCUT2D eigenvalue weighted by molar-refractivity contribution is 7.92. The van der Waals surface area contributed by atoms with Gasteiger partial charge in [-0.1, -0.05) is 19.1 Å². The molecule has 1 unspecified atom stereocenters. The van der Waals surface area contributed by atoms with Gasteiger partial charge >= 0.3 is 5.97 Å². The van der Waals surface area contributed by atoms with Crippen LogP contribution in [0.15, 0.2) is 24.3 Å². The number of ketones is 1. The van der Waals surface area contributed by atoms with Gasteiger partial charge in [0, 0.05) is 12.1 Å². The van der Waals surface area contributed by atoms with Gasteiger partial charge in [-0.25, -0.2) is 8.42 Å². The van der Waals surface area contributed by atoms with Gasteiger partial charge in [0.2, 0.25) is 10.0 Å². The van der Waals surface area contributed by atoms with Crippen LogP contribution in [0.25, 0.3) is 0 Å². The first-order valence-corrected chi connectivity index (χ1v) is 7.79. The Hall–Kier alpha value is -1.89. The number of anilines is 1. The topological polar surface area (TPSA) is 91.8 Å². The van der Waals surface area contributed by atoms with Gasteiger partial charge in [0.15, 0.2) is 5.78 Å². The van der Waals surface area contributed by atoms with E-state index in [1.807, 2.05) is 0 Å². The molecule has 6 nitrogen and oxygen atoms in total. The first-order valence-electron chi connectivity index (χ1n) is 5.94. The van der Waals surface area contributed by atoms with Gasteiger partial charge in [0.25, 0.3) is 0 Å². The molecule has 7 heteroatoms. The van der Waals surface area contributed by atoms with Gasteiger partial charge in [-0.15, -0.1) is 0 Å². The van der Waals surface area contributed by atoms with Crippen LogP contribution < -0.4 is 4.31 Å². The zero-order valence-electron chi connectivity index (χ0n) is 11.5. The number of nitrogens with zero attached hydrogens (tertiary/aromatic N) is 1. The van der Waals surface area contributed by atoms with Crippen LogP contribution in [0.5, 0.6) is 0 Å². The van der Waals surface area contributed by atoms with E-state index in [-0.39, 0.29) is 18.0 Å². The van der Waals surface area contributed by atoms with Gasteiger partial charge in [0.1, 0.15) is 0 Å². The Morgan fingerprint density at radius 3 is 2.40 bits per heavy atom. The van der Waals surface area contributed by atoms with Gasteiger partial charge < -0.3 is 5.11 Å². The number of Topliss-reactive ketones (excluding diaryl/α,β-unsaturated/α-hetero) is 1. The summed E-state index contributed by atoms with van der Waals surface area (Å²) in [7, 11) is -3.63. The Kier molecular flexibility index (Phi) is 4.88. The number of sulfonamides is 1. The van der Waals surface area contributed by atoms with Crippen LogP contribution in [0.3, 0.4) is 0 Å². The molecule has 0 aliphatic heterocycles. The van der Waals surface area contributed by atoms with E-state index >= 15 is 0 Å². The molecule has 0 fully saturated rings. The predicted molar refractivity (Wildman–Crippen MR) is 75.4 cm³/mol. The highest BCUT2D eigenvalue weighted by atomic mass is 32.2. The second-order valence-electron chi connectivity index (χ2n) is 4.64. The molecule has 110 valence electrons. The Morgan fingerprint density at radius 2 is 1.95 bits per heavy atom. The first-order chi connectivity index (χ1) is 9.12. The summed E-state index contributed by atoms with van der Waals surface area (Å²) in [4.78, 5) is 22.2. The number of carboxylic acid groups (broad SMARTS) is 1. The van der Waals surface area contributed by atoms with Gasteiger partial charge in [-0.3, -0.25) is 13.9 Å². The number of benzene rings is 1. The molecule has 1 aromatic rings. The lowest BCUT2D eigenvalue weighted by Gasteiger charge is -2.24. The fourth-order valence-corrected chi connectivity index (χ4v) is 2.63. The summed E-state index contributed by atoms with van der Waals surface area (Å²) in [6.45, 7) is 2.62. The summed E-state index contributed by atoms with van der Waals surface area (Å²) in [5, 5.41) is 8.91. The van der Waals surface area contributed by atoms with E-state index in [9.17, 15) is 18.0 Å². The van der Waals surface area contributed by atoms with Crippen molar-refractivity contribution in [1.29, 1.82) is 0 Å². The number of hydrogen-bond donors (Lipinski definition) is 1. The molecule has 1 aromatic carbocycles. The fraction of sp³-hybridized carbons (Fsp3) is 0.385. The quantitative estimate of drug-likeness (QED) is 0.801. The van der Waals surface area contributed by atoms with Crippen molar-refractivity contribution in [3.05, 3.63) is 29.8 Å². The van der Waals surface area contributed by atoms with Crippen molar-refractivity contribution in [3.8, 4) is 0 Å². The number of carbonyl (C=O) groups is 2. The molecule has 1 atom stereocenters. The van der Waals surface area contributed by atoms with Crippen LogP contribution in [0.2, 0.25) is 0 Å². The molecule has 0 saturated heterocycles. The van der Waals surface area contributed by atoms with Gasteiger partial charge in [0.05, 0.1) is 17.9 Å². The summed E-state index contributed by atoms with van der Waals surface area (Å²) >= 11 is 0. The van der Waals surface area contributed by atoms with Crippen LogP contribution in [-0.2, 0) is 14.8 Å². The van der Waals surface area contributed by atoms with Crippen molar-refractivity contribution < 1.29 is 23.1 Å². The normalized spacial score (nSPS) is 12.8. The largest absolute Gasteiger partial charge is 0.481 e. The molecule has 1 rings (SSSR count). The molecular weight excluding hydrogens is 282 g/mol. The fourth-order valence-electron chi connectivity index (χ4n) is 1.64. The molecule has 20 heavy (non-hydrogen) atoms. The third kappa shape index (κ3) is 4.06. The molecule has 0 bridgehead atoms. The smallest absolute Gasteiger partial charge is 0.308 e. The minimum absolute atomic E-state index is 0.185. The van der Waals surface area contributed by atoms with E-state index in [4.69, 9.17) is 5.11 Å². The average Bonchev–Trinajstić information content (AvgIpc) is 2.34. The van der Waals surface area contributed by atoms with Crippen molar-refractivity contribution in [2.75, 3.05) is 17.1 Å². The van der Waals surface area contributed by atoms with E-state index in [0.717, 1.165) is 10.6 Å². The maximum atomic E-state index is 11.8. The molecule has 0 spiro atoms. The van der Waals surface area contributed by atoms with Crippen LogP contribution >= 0.6 is 0 Å². The minimum Gasteiger partial charge on any atom is -0.481 e. The van der Waals surface area contributed by atoms with Crippen molar-refractivity contribution in [2.24, 2.45) is 5.92 Å². The highest BCUT2D eigenvalue weighted by Crippen LogP contribution is 2.21. The monoisotopic (exact) mass is 299 g/mol. The number of rotatable bonds is 6. The maximum Gasteiger partial charge on any atom is 0.308 e. The summed E-state index contributed by atoms with van der Waals surface area (Å²) in [5.41, 5.74) is 0.660. The minimum atomic E-state index is -3.63. The predicted octanol–water partition coefficient (Wildman–Crippen LogP) is 1.38. The van der Waals surface area contributed by atoms with E-state index in [0.29, 0.717) is 5.56 Å². The van der Waals surface area contributed by atoms with E-state index in [1.54, 1.807) is 12.1 Å². The highest BCUT2D eigenvalue weighted by Gasteiger charge is 2.23. The third-order valence-corrected chi connectivity index (χ3v) is 3.96. The van der Waals surface area contributed by atoms with Crippen molar-refractivity contribution in [1.82, 2.24) is 0 Å². The SMILES string of the molecule is CC(=O)c1cccc(N(CC(C)C(=O)O)S(C)(=O)=O)c1. The van der Waals surface area contributed by atoms with Crippen molar-refractivity contribution in [3.63, 3.8) is 0 Å². The number of carboxylic acids is 1. The average molecular weight is 299 g/mol. The molecule has 0 heterocycles. The third-order valence-electron chi connectivity index (χ3n) is 2.80. The van der Waals surface area contributed by atoms with Gasteiger partial charge in [-0.05, 0) is 19.1 Å². The summed E-state index contributed by atoms with van der Waals surface area (Å²) in [5.74, 6) is -2.13. The molecule has 0 aliphatic rings. The van der Waals surface area contributed by atoms with Crippen LogP contribution in [0, 0.1) is 5.92 Å². The Morgan fingerprint density at radius 1 is 1.35 bits per heavy atom. The lowest BCUT2D eigenvalue weighted by atomic mass is 10.1. The number of aliphatic carboxylic acids is 1. The maximum absolute atomic E-state index is 11.8. The number of carbonyl (C=O) groups excluding carboxylic acids is 1. The second kappa shape index (κ2) is 6.04. The van der Waals surface area contributed by atoms with Crippen LogP contribution in [-0.4, -0.2) is 38.1 Å². The lowest BCUT2D eigenvalue weighted by Crippen LogP contribution is -2.36. The summed E-state index contributed by atoms with van der Waals surface area (Å²) in [6.07, 6.45) is 1.00. The van der Waals surface area contributed by atoms with Gasteiger partial charge in [-0.2, -0.15) is 0 Å². The molecule has 0 radical (unpaired) electrons. The van der Waals surface area contributed by atoms with E-state index in [2.05, 4.69) is 0 Å². The zero-order valence-corrected chi connectivity index (χ0v) is 12.3. The molecule has 1 N–H and O–H groups in total. The van der Waals surface area contributed by atoms with Crippen LogP contribution in [0.4, 0.5) is 5.69 Å². The molecule has 0 saturated carbocycles. The lowest BCUT2D eigenvalue weighted by molar-refractivity contribution is -0.140. The van der Waals surface area contributed by atoms with Crippen LogP contribution in [0.1, 0.15) is 24.2 Å². The van der Waals surface area contributed by atoms with E-state index in [1.165, 1.54) is 26.0 Å². The number of hydrogen-bond acceptors (Lipinski definition) is 4. The molecule has 0 aromatic heterocycles. The Bertz CT molecular complexity index is 623. The molecule has 0 aliphatic carbocycles. The zero-order chi connectivity index (χ0) is 15.5.